The van der Waals surface area contributed by atoms with Crippen LogP contribution in [0.25, 0.3) is 0 Å². The van der Waals surface area contributed by atoms with E-state index in [0.717, 1.165) is 0 Å². The molecule has 62 valence electrons. The van der Waals surface area contributed by atoms with E-state index in [1.807, 2.05) is 0 Å². The molecule has 5 heteroatoms. The number of hydrogen-bond acceptors (Lipinski definition) is 4. The number of carbonyl (C=O) groups is 1. The van der Waals surface area contributed by atoms with E-state index in [0.29, 0.717) is 0 Å². The SMILES string of the molecule is CCOC(=O)c1[nH]cnc1C#N. The van der Waals surface area contributed by atoms with Gasteiger partial charge in [-0.25, -0.2) is 9.78 Å². The molecule has 0 saturated heterocycles. The lowest BCUT2D eigenvalue weighted by atomic mass is 10.3. The molecule has 1 rings (SSSR count). The van der Waals surface area contributed by atoms with Crippen molar-refractivity contribution < 1.29 is 9.53 Å². The van der Waals surface area contributed by atoms with Crippen LogP contribution in [0.2, 0.25) is 0 Å². The maximum Gasteiger partial charge on any atom is 0.357 e. The summed E-state index contributed by atoms with van der Waals surface area (Å²) in [6.45, 7) is 1.98. The molecular weight excluding hydrogens is 158 g/mol. The molecular formula is C7H7N3O2. The van der Waals surface area contributed by atoms with Crippen LogP contribution in [0.5, 0.6) is 0 Å². The summed E-state index contributed by atoms with van der Waals surface area (Å²) >= 11 is 0. The number of H-pyrrole nitrogens is 1. The normalized spacial score (nSPS) is 9.00. The molecule has 1 aromatic rings. The second-order valence-corrected chi connectivity index (χ2v) is 1.96. The molecule has 0 aliphatic carbocycles. The molecule has 1 heterocycles. The first-order valence-corrected chi connectivity index (χ1v) is 3.40. The van der Waals surface area contributed by atoms with Crippen molar-refractivity contribution in [3.8, 4) is 6.07 Å². The molecule has 0 unspecified atom stereocenters. The van der Waals surface area contributed by atoms with Crippen LogP contribution < -0.4 is 0 Å². The molecule has 0 fully saturated rings. The minimum atomic E-state index is -0.549. The quantitative estimate of drug-likeness (QED) is 0.645. The van der Waals surface area contributed by atoms with Crippen LogP contribution in [0.4, 0.5) is 0 Å². The molecule has 0 atom stereocenters. The highest BCUT2D eigenvalue weighted by atomic mass is 16.5. The van der Waals surface area contributed by atoms with Crippen molar-refractivity contribution in [2.24, 2.45) is 0 Å². The number of aromatic amines is 1. The molecule has 5 nitrogen and oxygen atoms in total. The number of ether oxygens (including phenoxy) is 1. The number of hydrogen-bond donors (Lipinski definition) is 1. The van der Waals surface area contributed by atoms with Gasteiger partial charge < -0.3 is 9.72 Å². The first-order chi connectivity index (χ1) is 5.79. The molecule has 0 saturated carbocycles. The van der Waals surface area contributed by atoms with E-state index in [9.17, 15) is 4.79 Å². The average Bonchev–Trinajstić information content (AvgIpc) is 2.51. The summed E-state index contributed by atoms with van der Waals surface area (Å²) in [5.41, 5.74) is 0.174. The number of rotatable bonds is 2. The largest absolute Gasteiger partial charge is 0.461 e. The van der Waals surface area contributed by atoms with Gasteiger partial charge in [0.25, 0.3) is 0 Å². The Hall–Kier alpha value is -1.83. The molecule has 1 N–H and O–H groups in total. The number of nitrogens with one attached hydrogen (secondary N) is 1. The Balaban J connectivity index is 2.88. The van der Waals surface area contributed by atoms with Gasteiger partial charge in [-0.15, -0.1) is 0 Å². The van der Waals surface area contributed by atoms with E-state index in [2.05, 4.69) is 14.7 Å². The van der Waals surface area contributed by atoms with Crippen molar-refractivity contribution in [2.75, 3.05) is 6.61 Å². The van der Waals surface area contributed by atoms with Crippen LogP contribution in [0, 0.1) is 11.3 Å². The lowest BCUT2D eigenvalue weighted by Crippen LogP contribution is -2.06. The zero-order valence-corrected chi connectivity index (χ0v) is 6.50. The van der Waals surface area contributed by atoms with E-state index in [1.54, 1.807) is 13.0 Å². The zero-order valence-electron chi connectivity index (χ0n) is 6.50. The van der Waals surface area contributed by atoms with Gasteiger partial charge in [0.1, 0.15) is 6.07 Å². The van der Waals surface area contributed by atoms with E-state index < -0.39 is 5.97 Å². The molecule has 0 amide bonds. The third-order valence-corrected chi connectivity index (χ3v) is 1.22. The third kappa shape index (κ3) is 1.42. The fourth-order valence-electron chi connectivity index (χ4n) is 0.738. The third-order valence-electron chi connectivity index (χ3n) is 1.22. The van der Waals surface area contributed by atoms with Gasteiger partial charge >= 0.3 is 5.97 Å². The number of esters is 1. The minimum Gasteiger partial charge on any atom is -0.461 e. The monoisotopic (exact) mass is 165 g/mol. The number of carbonyl (C=O) groups excluding carboxylic acids is 1. The summed E-state index contributed by atoms with van der Waals surface area (Å²) in [5.74, 6) is -0.549. The zero-order chi connectivity index (χ0) is 8.97. The van der Waals surface area contributed by atoms with E-state index in [1.165, 1.54) is 6.33 Å². The van der Waals surface area contributed by atoms with Crippen molar-refractivity contribution in [3.63, 3.8) is 0 Å². The van der Waals surface area contributed by atoms with Crippen molar-refractivity contribution in [1.82, 2.24) is 9.97 Å². The van der Waals surface area contributed by atoms with Gasteiger partial charge in [0.05, 0.1) is 12.9 Å². The summed E-state index contributed by atoms with van der Waals surface area (Å²) < 4.78 is 4.67. The maximum absolute atomic E-state index is 11.0. The van der Waals surface area contributed by atoms with Gasteiger partial charge in [0, 0.05) is 0 Å². The summed E-state index contributed by atoms with van der Waals surface area (Å²) in [6, 6.07) is 1.77. The fraction of sp³-hybridized carbons (Fsp3) is 0.286. The molecule has 0 aliphatic heterocycles. The highest BCUT2D eigenvalue weighted by Gasteiger charge is 2.14. The number of nitriles is 1. The lowest BCUT2D eigenvalue weighted by molar-refractivity contribution is 0.0520. The molecule has 0 spiro atoms. The Labute approximate surface area is 69.0 Å². The van der Waals surface area contributed by atoms with Crippen LogP contribution >= 0.6 is 0 Å². The van der Waals surface area contributed by atoms with Crippen LogP contribution in [-0.4, -0.2) is 22.5 Å². The Kier molecular flexibility index (Phi) is 2.43. The maximum atomic E-state index is 11.0. The second-order valence-electron chi connectivity index (χ2n) is 1.96. The topological polar surface area (TPSA) is 78.8 Å². The smallest absolute Gasteiger partial charge is 0.357 e. The first-order valence-electron chi connectivity index (χ1n) is 3.40. The fourth-order valence-corrected chi connectivity index (χ4v) is 0.738. The minimum absolute atomic E-state index is 0.0634. The Morgan fingerprint density at radius 1 is 1.92 bits per heavy atom. The summed E-state index contributed by atoms with van der Waals surface area (Å²) in [5, 5.41) is 8.48. The second kappa shape index (κ2) is 3.53. The van der Waals surface area contributed by atoms with Crippen LogP contribution in [0.15, 0.2) is 6.33 Å². The van der Waals surface area contributed by atoms with Crippen LogP contribution in [0.3, 0.4) is 0 Å². The van der Waals surface area contributed by atoms with Crippen molar-refractivity contribution in [1.29, 1.82) is 5.26 Å². The predicted octanol–water partition coefficient (Wildman–Crippen LogP) is 0.458. The van der Waals surface area contributed by atoms with Crippen molar-refractivity contribution >= 4 is 5.97 Å². The van der Waals surface area contributed by atoms with Crippen LogP contribution in [0.1, 0.15) is 23.1 Å². The Morgan fingerprint density at radius 2 is 2.67 bits per heavy atom. The molecule has 0 bridgehead atoms. The van der Waals surface area contributed by atoms with Crippen molar-refractivity contribution in [3.05, 3.63) is 17.7 Å². The van der Waals surface area contributed by atoms with Gasteiger partial charge in [-0.3, -0.25) is 0 Å². The number of aromatic nitrogens is 2. The van der Waals surface area contributed by atoms with Crippen LogP contribution in [-0.2, 0) is 4.74 Å². The van der Waals surface area contributed by atoms with Gasteiger partial charge in [0.2, 0.25) is 0 Å². The van der Waals surface area contributed by atoms with Crippen molar-refractivity contribution in [2.45, 2.75) is 6.92 Å². The Morgan fingerprint density at radius 3 is 3.25 bits per heavy atom. The average molecular weight is 165 g/mol. The van der Waals surface area contributed by atoms with Gasteiger partial charge in [0.15, 0.2) is 11.4 Å². The van der Waals surface area contributed by atoms with E-state index >= 15 is 0 Å². The molecule has 1 aromatic heterocycles. The lowest BCUT2D eigenvalue weighted by Gasteiger charge is -1.97. The standard InChI is InChI=1S/C7H7N3O2/c1-2-12-7(11)6-5(3-8)9-4-10-6/h4H,2H2,1H3,(H,9,10). The Bertz CT molecular complexity index is 324. The molecule has 0 radical (unpaired) electrons. The highest BCUT2D eigenvalue weighted by Crippen LogP contribution is 2.02. The first kappa shape index (κ1) is 8.27. The number of imidazole rings is 1. The van der Waals surface area contributed by atoms with Gasteiger partial charge in [-0.2, -0.15) is 5.26 Å². The molecule has 0 aliphatic rings. The number of nitrogens with zero attached hydrogens (tertiary/aromatic N) is 2. The highest BCUT2D eigenvalue weighted by molar-refractivity contribution is 5.89. The molecule has 0 aromatic carbocycles. The molecule has 12 heavy (non-hydrogen) atoms. The van der Waals surface area contributed by atoms with Gasteiger partial charge in [-0.05, 0) is 6.92 Å². The predicted molar refractivity (Wildman–Crippen MR) is 39.3 cm³/mol. The summed E-state index contributed by atoms with van der Waals surface area (Å²) in [6.07, 6.45) is 1.28. The van der Waals surface area contributed by atoms with E-state index in [4.69, 9.17) is 5.26 Å². The van der Waals surface area contributed by atoms with Gasteiger partial charge in [-0.1, -0.05) is 0 Å². The van der Waals surface area contributed by atoms with E-state index in [-0.39, 0.29) is 18.0 Å². The summed E-state index contributed by atoms with van der Waals surface area (Å²) in [7, 11) is 0. The summed E-state index contributed by atoms with van der Waals surface area (Å²) in [4.78, 5) is 17.2.